The highest BCUT2D eigenvalue weighted by Gasteiger charge is 2.17. The number of halogens is 5. The fourth-order valence-corrected chi connectivity index (χ4v) is 2.80. The molecule has 0 aromatic heterocycles. The molecule has 2 rings (SSSR count). The maximum absolute atomic E-state index is 13.9. The van der Waals surface area contributed by atoms with E-state index in [-0.39, 0.29) is 16.5 Å². The van der Waals surface area contributed by atoms with Crippen LogP contribution in [0.25, 0.3) is 0 Å². The smallest absolute Gasteiger partial charge is 0.143 e. The Hall–Kier alpha value is -0.680. The van der Waals surface area contributed by atoms with Gasteiger partial charge in [0, 0.05) is 21.7 Å². The summed E-state index contributed by atoms with van der Waals surface area (Å²) in [5.41, 5.74) is 6.55. The molecule has 0 bridgehead atoms. The highest BCUT2D eigenvalue weighted by molar-refractivity contribution is 9.10. The van der Waals surface area contributed by atoms with Gasteiger partial charge in [-0.25, -0.2) is 8.78 Å². The molecule has 0 amide bonds. The Labute approximate surface area is 133 Å². The van der Waals surface area contributed by atoms with Crippen molar-refractivity contribution in [3.05, 3.63) is 67.6 Å². The standard InChI is InChI=1S/C14H10BrCl2F2N/c15-11-1-2-12(18)10(14(11)19)6-13(20)7-3-8(16)5-9(17)4-7/h1-5,13H,6,20H2. The van der Waals surface area contributed by atoms with E-state index in [1.807, 2.05) is 0 Å². The normalized spacial score (nSPS) is 12.5. The van der Waals surface area contributed by atoms with Crippen LogP contribution in [0.1, 0.15) is 17.2 Å². The lowest BCUT2D eigenvalue weighted by molar-refractivity contribution is 0.536. The zero-order valence-electron chi connectivity index (χ0n) is 10.1. The molecular weight excluding hydrogens is 371 g/mol. The molecule has 0 aliphatic rings. The SMILES string of the molecule is NC(Cc1c(F)ccc(Br)c1F)c1cc(Cl)cc(Cl)c1. The van der Waals surface area contributed by atoms with Crippen molar-refractivity contribution in [1.82, 2.24) is 0 Å². The van der Waals surface area contributed by atoms with Crippen LogP contribution in [-0.2, 0) is 6.42 Å². The second-order valence-corrected chi connectivity index (χ2v) is 6.06. The first-order valence-corrected chi connectivity index (χ1v) is 7.27. The van der Waals surface area contributed by atoms with E-state index in [1.165, 1.54) is 12.1 Å². The lowest BCUT2D eigenvalue weighted by Crippen LogP contribution is -2.15. The van der Waals surface area contributed by atoms with Crippen LogP contribution in [0, 0.1) is 11.6 Å². The molecule has 0 radical (unpaired) electrons. The summed E-state index contributed by atoms with van der Waals surface area (Å²) in [6, 6.07) is 6.73. The number of rotatable bonds is 3. The number of benzene rings is 2. The Bertz CT molecular complexity index is 629. The van der Waals surface area contributed by atoms with Crippen molar-refractivity contribution < 1.29 is 8.78 Å². The van der Waals surface area contributed by atoms with E-state index in [9.17, 15) is 8.78 Å². The van der Waals surface area contributed by atoms with Crippen molar-refractivity contribution in [2.75, 3.05) is 0 Å². The fourth-order valence-electron chi connectivity index (χ4n) is 1.88. The molecule has 0 aliphatic heterocycles. The summed E-state index contributed by atoms with van der Waals surface area (Å²) in [7, 11) is 0. The van der Waals surface area contributed by atoms with Gasteiger partial charge in [0.15, 0.2) is 0 Å². The van der Waals surface area contributed by atoms with E-state index in [2.05, 4.69) is 15.9 Å². The van der Waals surface area contributed by atoms with Gasteiger partial charge in [0.25, 0.3) is 0 Å². The second-order valence-electron chi connectivity index (χ2n) is 4.34. The molecule has 106 valence electrons. The first kappa shape index (κ1) is 15.7. The summed E-state index contributed by atoms with van der Waals surface area (Å²) in [4.78, 5) is 0. The Morgan fingerprint density at radius 1 is 1.10 bits per heavy atom. The van der Waals surface area contributed by atoms with Gasteiger partial charge in [-0.1, -0.05) is 23.2 Å². The van der Waals surface area contributed by atoms with E-state index in [1.54, 1.807) is 18.2 Å². The predicted octanol–water partition coefficient (Wildman–Crippen LogP) is 5.28. The van der Waals surface area contributed by atoms with Gasteiger partial charge < -0.3 is 5.73 Å². The summed E-state index contributed by atoms with van der Waals surface area (Å²) < 4.78 is 27.8. The van der Waals surface area contributed by atoms with Crippen LogP contribution in [0.3, 0.4) is 0 Å². The number of hydrogen-bond acceptors (Lipinski definition) is 1. The average molecular weight is 381 g/mol. The van der Waals surface area contributed by atoms with Gasteiger partial charge in [0.05, 0.1) is 4.47 Å². The van der Waals surface area contributed by atoms with Crippen LogP contribution >= 0.6 is 39.1 Å². The van der Waals surface area contributed by atoms with Crippen molar-refractivity contribution in [1.29, 1.82) is 0 Å². The fraction of sp³-hybridized carbons (Fsp3) is 0.143. The molecule has 1 unspecified atom stereocenters. The molecule has 2 aromatic rings. The second kappa shape index (κ2) is 6.39. The maximum Gasteiger partial charge on any atom is 0.143 e. The summed E-state index contributed by atoms with van der Waals surface area (Å²) in [6.07, 6.45) is 0.00772. The van der Waals surface area contributed by atoms with Gasteiger partial charge in [-0.05, 0) is 58.2 Å². The van der Waals surface area contributed by atoms with Crippen molar-refractivity contribution in [3.8, 4) is 0 Å². The summed E-state index contributed by atoms with van der Waals surface area (Å²) in [5.74, 6) is -1.28. The molecule has 0 saturated carbocycles. The minimum Gasteiger partial charge on any atom is -0.324 e. The number of hydrogen-bond donors (Lipinski definition) is 1. The zero-order chi connectivity index (χ0) is 14.9. The molecule has 0 fully saturated rings. The molecule has 2 aromatic carbocycles. The summed E-state index contributed by atoms with van der Waals surface area (Å²) >= 11 is 14.8. The van der Waals surface area contributed by atoms with E-state index in [0.717, 1.165) is 0 Å². The van der Waals surface area contributed by atoms with Gasteiger partial charge in [-0.15, -0.1) is 0 Å². The van der Waals surface area contributed by atoms with Gasteiger partial charge in [-0.3, -0.25) is 0 Å². The van der Waals surface area contributed by atoms with Crippen LogP contribution in [0.2, 0.25) is 10.0 Å². The van der Waals surface area contributed by atoms with Crippen molar-refractivity contribution in [2.24, 2.45) is 5.73 Å². The van der Waals surface area contributed by atoms with Gasteiger partial charge in [-0.2, -0.15) is 0 Å². The van der Waals surface area contributed by atoms with E-state index < -0.39 is 17.7 Å². The summed E-state index contributed by atoms with van der Waals surface area (Å²) in [5, 5.41) is 0.858. The molecule has 1 nitrogen and oxygen atoms in total. The van der Waals surface area contributed by atoms with Gasteiger partial charge >= 0.3 is 0 Å². The van der Waals surface area contributed by atoms with Crippen LogP contribution in [-0.4, -0.2) is 0 Å². The third-order valence-electron chi connectivity index (χ3n) is 2.88. The van der Waals surface area contributed by atoms with Crippen molar-refractivity contribution in [2.45, 2.75) is 12.5 Å². The van der Waals surface area contributed by atoms with Crippen LogP contribution in [0.15, 0.2) is 34.8 Å². The lowest BCUT2D eigenvalue weighted by atomic mass is 9.99. The average Bonchev–Trinajstić information content (AvgIpc) is 2.38. The molecule has 0 aliphatic carbocycles. The van der Waals surface area contributed by atoms with Crippen LogP contribution in [0.5, 0.6) is 0 Å². The molecule has 0 saturated heterocycles. The predicted molar refractivity (Wildman–Crippen MR) is 81.2 cm³/mol. The monoisotopic (exact) mass is 379 g/mol. The molecule has 0 heterocycles. The van der Waals surface area contributed by atoms with Crippen molar-refractivity contribution in [3.63, 3.8) is 0 Å². The molecule has 2 N–H and O–H groups in total. The highest BCUT2D eigenvalue weighted by atomic mass is 79.9. The Morgan fingerprint density at radius 2 is 1.70 bits per heavy atom. The lowest BCUT2D eigenvalue weighted by Gasteiger charge is -2.14. The first-order chi connectivity index (χ1) is 9.38. The van der Waals surface area contributed by atoms with Gasteiger partial charge in [0.1, 0.15) is 11.6 Å². The highest BCUT2D eigenvalue weighted by Crippen LogP contribution is 2.28. The molecule has 1 atom stereocenters. The van der Waals surface area contributed by atoms with Crippen molar-refractivity contribution >= 4 is 39.1 Å². The van der Waals surface area contributed by atoms with Gasteiger partial charge in [0.2, 0.25) is 0 Å². The first-order valence-electron chi connectivity index (χ1n) is 5.72. The minimum atomic E-state index is -0.645. The quantitative estimate of drug-likeness (QED) is 0.720. The van der Waals surface area contributed by atoms with E-state index >= 15 is 0 Å². The molecular formula is C14H10BrCl2F2N. The van der Waals surface area contributed by atoms with E-state index in [4.69, 9.17) is 28.9 Å². The molecule has 6 heteroatoms. The Kier molecular flexibility index (Phi) is 5.02. The zero-order valence-corrected chi connectivity index (χ0v) is 13.2. The third-order valence-corrected chi connectivity index (χ3v) is 3.92. The molecule has 0 spiro atoms. The third kappa shape index (κ3) is 3.50. The largest absolute Gasteiger partial charge is 0.324 e. The van der Waals surface area contributed by atoms with Crippen LogP contribution < -0.4 is 5.73 Å². The maximum atomic E-state index is 13.9. The van der Waals surface area contributed by atoms with Crippen LogP contribution in [0.4, 0.5) is 8.78 Å². The summed E-state index contributed by atoms with van der Waals surface area (Å²) in [6.45, 7) is 0. The Morgan fingerprint density at radius 3 is 2.30 bits per heavy atom. The van der Waals surface area contributed by atoms with E-state index in [0.29, 0.717) is 15.6 Å². The minimum absolute atomic E-state index is 0.00772. The Balaban J connectivity index is 2.32. The molecule has 20 heavy (non-hydrogen) atoms. The number of nitrogens with two attached hydrogens (primary N) is 1. The topological polar surface area (TPSA) is 26.0 Å².